The highest BCUT2D eigenvalue weighted by Gasteiger charge is 2.14. The predicted octanol–water partition coefficient (Wildman–Crippen LogP) is 2.99. The third kappa shape index (κ3) is 3.16. The molecule has 0 fully saturated rings. The molecule has 0 atom stereocenters. The fourth-order valence-electron chi connectivity index (χ4n) is 1.24. The molecular weight excluding hydrogens is 198 g/mol. The van der Waals surface area contributed by atoms with E-state index in [0.717, 1.165) is 18.7 Å². The van der Waals surface area contributed by atoms with Crippen molar-refractivity contribution < 1.29 is 0 Å². The second-order valence-electron chi connectivity index (χ2n) is 4.79. The number of hydrogen-bond donors (Lipinski definition) is 2. The summed E-state index contributed by atoms with van der Waals surface area (Å²) in [5.41, 5.74) is 8.24. The van der Waals surface area contributed by atoms with Crippen molar-refractivity contribution in [3.05, 3.63) is 23.8 Å². The van der Waals surface area contributed by atoms with Crippen LogP contribution in [-0.2, 0) is 0 Å². The normalized spacial score (nSPS) is 10.9. The largest absolute Gasteiger partial charge is 0.397 e. The lowest BCUT2D eigenvalue weighted by Crippen LogP contribution is -2.22. The second-order valence-corrected chi connectivity index (χ2v) is 4.79. The summed E-state index contributed by atoms with van der Waals surface area (Å²) in [5.74, 6) is 0. The molecule has 3 nitrogen and oxygen atoms in total. The molecule has 0 amide bonds. The van der Waals surface area contributed by atoms with Gasteiger partial charge in [-0.1, -0.05) is 20.8 Å². The van der Waals surface area contributed by atoms with Gasteiger partial charge in [-0.3, -0.25) is 0 Å². The van der Waals surface area contributed by atoms with Crippen molar-refractivity contribution in [3.63, 3.8) is 0 Å². The topological polar surface area (TPSA) is 61.8 Å². The summed E-state index contributed by atoms with van der Waals surface area (Å²) in [7, 11) is 0. The van der Waals surface area contributed by atoms with Crippen LogP contribution in [0.1, 0.15) is 32.8 Å². The van der Waals surface area contributed by atoms with Crippen LogP contribution in [0.4, 0.5) is 11.4 Å². The zero-order valence-corrected chi connectivity index (χ0v) is 10.2. The maximum atomic E-state index is 8.81. The molecule has 0 aliphatic rings. The van der Waals surface area contributed by atoms with E-state index in [1.54, 1.807) is 18.2 Å². The summed E-state index contributed by atoms with van der Waals surface area (Å²) in [6.45, 7) is 7.41. The molecule has 1 aromatic carbocycles. The van der Waals surface area contributed by atoms with Gasteiger partial charge in [0, 0.05) is 6.54 Å². The molecule has 0 bridgehead atoms. The molecule has 1 aromatic rings. The van der Waals surface area contributed by atoms with Gasteiger partial charge in [0.1, 0.15) is 0 Å². The molecule has 0 radical (unpaired) electrons. The van der Waals surface area contributed by atoms with Gasteiger partial charge in [0.05, 0.1) is 23.0 Å². The second kappa shape index (κ2) is 4.89. The van der Waals surface area contributed by atoms with Crippen molar-refractivity contribution in [2.24, 2.45) is 5.41 Å². The average molecular weight is 217 g/mol. The van der Waals surface area contributed by atoms with E-state index < -0.39 is 0 Å². The molecule has 1 rings (SSSR count). The van der Waals surface area contributed by atoms with Crippen molar-refractivity contribution in [2.75, 3.05) is 17.6 Å². The molecule has 16 heavy (non-hydrogen) atoms. The van der Waals surface area contributed by atoms with Gasteiger partial charge in [-0.15, -0.1) is 0 Å². The molecular formula is C13H19N3. The SMILES string of the molecule is CCC(C)(C)CNc1cc(C#N)ccc1N. The van der Waals surface area contributed by atoms with E-state index in [9.17, 15) is 0 Å². The van der Waals surface area contributed by atoms with Crippen molar-refractivity contribution in [3.8, 4) is 6.07 Å². The first-order chi connectivity index (χ1) is 7.48. The lowest BCUT2D eigenvalue weighted by atomic mass is 9.90. The number of nitrogens with zero attached hydrogens (tertiary/aromatic N) is 1. The molecule has 0 aliphatic heterocycles. The summed E-state index contributed by atoms with van der Waals surface area (Å²) in [4.78, 5) is 0. The van der Waals surface area contributed by atoms with E-state index in [-0.39, 0.29) is 5.41 Å². The van der Waals surface area contributed by atoms with E-state index >= 15 is 0 Å². The van der Waals surface area contributed by atoms with Crippen LogP contribution in [0.5, 0.6) is 0 Å². The molecule has 0 saturated carbocycles. The van der Waals surface area contributed by atoms with E-state index in [2.05, 4.69) is 32.2 Å². The summed E-state index contributed by atoms with van der Waals surface area (Å²) < 4.78 is 0. The van der Waals surface area contributed by atoms with Crippen molar-refractivity contribution in [1.29, 1.82) is 5.26 Å². The highest BCUT2D eigenvalue weighted by Crippen LogP contribution is 2.24. The van der Waals surface area contributed by atoms with Crippen LogP contribution in [0.3, 0.4) is 0 Å². The van der Waals surface area contributed by atoms with Crippen molar-refractivity contribution in [1.82, 2.24) is 0 Å². The van der Waals surface area contributed by atoms with Gasteiger partial charge in [0.2, 0.25) is 0 Å². The lowest BCUT2D eigenvalue weighted by Gasteiger charge is -2.24. The summed E-state index contributed by atoms with van der Waals surface area (Å²) in [5, 5.41) is 12.1. The van der Waals surface area contributed by atoms with Gasteiger partial charge in [-0.05, 0) is 30.0 Å². The van der Waals surface area contributed by atoms with Crippen LogP contribution in [-0.4, -0.2) is 6.54 Å². The maximum absolute atomic E-state index is 8.81. The van der Waals surface area contributed by atoms with Crippen LogP contribution in [0.25, 0.3) is 0 Å². The number of nitrogens with one attached hydrogen (secondary N) is 1. The molecule has 0 saturated heterocycles. The predicted molar refractivity (Wildman–Crippen MR) is 68.1 cm³/mol. The highest BCUT2D eigenvalue weighted by atomic mass is 14.9. The van der Waals surface area contributed by atoms with Gasteiger partial charge in [-0.2, -0.15) is 5.26 Å². The van der Waals surface area contributed by atoms with Crippen molar-refractivity contribution in [2.45, 2.75) is 27.2 Å². The molecule has 0 spiro atoms. The number of nitrogen functional groups attached to an aromatic ring is 1. The maximum Gasteiger partial charge on any atom is 0.0992 e. The Kier molecular flexibility index (Phi) is 3.78. The first-order valence-corrected chi connectivity index (χ1v) is 5.52. The number of rotatable bonds is 4. The Morgan fingerprint density at radius 2 is 2.12 bits per heavy atom. The van der Waals surface area contributed by atoms with Crippen LogP contribution >= 0.6 is 0 Å². The third-order valence-electron chi connectivity index (χ3n) is 2.90. The third-order valence-corrected chi connectivity index (χ3v) is 2.90. The molecule has 0 heterocycles. The van der Waals surface area contributed by atoms with Crippen LogP contribution < -0.4 is 11.1 Å². The Morgan fingerprint density at radius 1 is 1.44 bits per heavy atom. The molecule has 86 valence electrons. The summed E-state index contributed by atoms with van der Waals surface area (Å²) >= 11 is 0. The molecule has 3 heteroatoms. The van der Waals surface area contributed by atoms with E-state index in [1.807, 2.05) is 0 Å². The molecule has 0 aliphatic carbocycles. The Balaban J connectivity index is 2.78. The van der Waals surface area contributed by atoms with Gasteiger partial charge in [0.25, 0.3) is 0 Å². The Morgan fingerprint density at radius 3 is 2.69 bits per heavy atom. The fourth-order valence-corrected chi connectivity index (χ4v) is 1.24. The van der Waals surface area contributed by atoms with Gasteiger partial charge < -0.3 is 11.1 Å². The Hall–Kier alpha value is -1.69. The monoisotopic (exact) mass is 217 g/mol. The minimum atomic E-state index is 0.231. The fraction of sp³-hybridized carbons (Fsp3) is 0.462. The van der Waals surface area contributed by atoms with Crippen LogP contribution in [0.15, 0.2) is 18.2 Å². The minimum Gasteiger partial charge on any atom is -0.397 e. The number of nitriles is 1. The van der Waals surface area contributed by atoms with E-state index in [4.69, 9.17) is 11.0 Å². The molecule has 3 N–H and O–H groups in total. The average Bonchev–Trinajstić information content (AvgIpc) is 2.28. The highest BCUT2D eigenvalue weighted by molar-refractivity contribution is 5.68. The standard InChI is InChI=1S/C13H19N3/c1-4-13(2,3)9-16-12-7-10(8-14)5-6-11(12)15/h5-7,16H,4,9,15H2,1-3H3. The van der Waals surface area contributed by atoms with E-state index in [0.29, 0.717) is 11.3 Å². The summed E-state index contributed by atoms with van der Waals surface area (Å²) in [6.07, 6.45) is 1.10. The smallest absolute Gasteiger partial charge is 0.0992 e. The number of nitrogens with two attached hydrogens (primary N) is 1. The first kappa shape index (κ1) is 12.4. The van der Waals surface area contributed by atoms with Crippen LogP contribution in [0.2, 0.25) is 0 Å². The molecule has 0 aromatic heterocycles. The van der Waals surface area contributed by atoms with Gasteiger partial charge in [0.15, 0.2) is 0 Å². The first-order valence-electron chi connectivity index (χ1n) is 5.52. The Bertz CT molecular complexity index is 402. The number of benzene rings is 1. The quantitative estimate of drug-likeness (QED) is 0.762. The minimum absolute atomic E-state index is 0.231. The zero-order valence-electron chi connectivity index (χ0n) is 10.2. The molecule has 0 unspecified atom stereocenters. The van der Waals surface area contributed by atoms with Gasteiger partial charge >= 0.3 is 0 Å². The van der Waals surface area contributed by atoms with Crippen molar-refractivity contribution >= 4 is 11.4 Å². The number of anilines is 2. The zero-order chi connectivity index (χ0) is 12.2. The van der Waals surface area contributed by atoms with Gasteiger partial charge in [-0.25, -0.2) is 0 Å². The lowest BCUT2D eigenvalue weighted by molar-refractivity contribution is 0.377. The number of hydrogen-bond acceptors (Lipinski definition) is 3. The van der Waals surface area contributed by atoms with Crippen LogP contribution in [0, 0.1) is 16.7 Å². The van der Waals surface area contributed by atoms with E-state index in [1.165, 1.54) is 0 Å². The summed E-state index contributed by atoms with van der Waals surface area (Å²) in [6, 6.07) is 7.39. The Labute approximate surface area is 97.3 Å².